The molecule has 3 fully saturated rings. The van der Waals surface area contributed by atoms with E-state index in [0.29, 0.717) is 24.8 Å². The summed E-state index contributed by atoms with van der Waals surface area (Å²) in [7, 11) is 0. The van der Waals surface area contributed by atoms with Crippen LogP contribution >= 0.6 is 0 Å². The van der Waals surface area contributed by atoms with Gasteiger partial charge in [0.25, 0.3) is 0 Å². The van der Waals surface area contributed by atoms with Crippen LogP contribution in [0, 0.1) is 22.2 Å². The zero-order chi connectivity index (χ0) is 18.5. The minimum atomic E-state index is -1.99. The van der Waals surface area contributed by atoms with Crippen molar-refractivity contribution in [3.63, 3.8) is 0 Å². The number of carbonyl (C=O) groups is 1. The molecule has 2 bridgehead atoms. The highest BCUT2D eigenvalue weighted by Gasteiger charge is 2.83. The number of esters is 1. The number of hydrogen-bond donors (Lipinski definition) is 3. The Labute approximate surface area is 148 Å². The van der Waals surface area contributed by atoms with Crippen LogP contribution in [0.5, 0.6) is 0 Å². The Hall–Kier alpha value is -1.17. The van der Waals surface area contributed by atoms with Gasteiger partial charge in [-0.2, -0.15) is 0 Å². The average Bonchev–Trinajstić information content (AvgIpc) is 2.77. The third-order valence-electron chi connectivity index (χ3n) is 7.58. The zero-order valence-electron chi connectivity index (χ0n) is 15.2. The summed E-state index contributed by atoms with van der Waals surface area (Å²) in [5.41, 5.74) is -3.19. The quantitative estimate of drug-likeness (QED) is 0.499. The smallest absolute Gasteiger partial charge is 0.318 e. The maximum absolute atomic E-state index is 13.0. The number of rotatable bonds is 1. The average molecular weight is 348 g/mol. The summed E-state index contributed by atoms with van der Waals surface area (Å²) in [6, 6.07) is 0. The topological polar surface area (TPSA) is 87.0 Å². The first-order valence-corrected chi connectivity index (χ1v) is 9.20. The van der Waals surface area contributed by atoms with Crippen LogP contribution in [-0.2, 0) is 9.53 Å². The van der Waals surface area contributed by atoms with Crippen molar-refractivity contribution < 1.29 is 24.9 Å². The van der Waals surface area contributed by atoms with Crippen LogP contribution in [0.25, 0.3) is 0 Å². The van der Waals surface area contributed by atoms with E-state index in [2.05, 4.69) is 6.58 Å². The Bertz CT molecular complexity index is 696. The second-order valence-electron chi connectivity index (χ2n) is 9.46. The molecule has 0 aromatic rings. The minimum absolute atomic E-state index is 0.323. The summed E-state index contributed by atoms with van der Waals surface area (Å²) in [4.78, 5) is 13.0. The maximum atomic E-state index is 13.0. The van der Waals surface area contributed by atoms with Gasteiger partial charge in [0, 0.05) is 5.41 Å². The summed E-state index contributed by atoms with van der Waals surface area (Å²) < 4.78 is 5.46. The molecule has 4 rings (SSSR count). The van der Waals surface area contributed by atoms with E-state index in [4.69, 9.17) is 4.74 Å². The molecule has 1 saturated heterocycles. The first-order valence-electron chi connectivity index (χ1n) is 9.20. The molecule has 0 aromatic heterocycles. The monoisotopic (exact) mass is 348 g/mol. The molecule has 138 valence electrons. The molecule has 0 amide bonds. The standard InChI is InChI=1S/C20H28O5/c1-5-17(4)9-10-19(23)12(11-17)13(21)20(24)14-16(2,3)7-6-8-18(14,19)15(22)25-20/h5,11,13-14,21,23-24H,1,6-10H2,2-4H3. The van der Waals surface area contributed by atoms with E-state index in [1.807, 2.05) is 20.8 Å². The van der Waals surface area contributed by atoms with Crippen molar-refractivity contribution in [2.45, 2.75) is 70.4 Å². The van der Waals surface area contributed by atoms with E-state index in [0.717, 1.165) is 12.8 Å². The Balaban J connectivity index is 2.01. The van der Waals surface area contributed by atoms with Gasteiger partial charge in [0.15, 0.2) is 0 Å². The zero-order valence-corrected chi connectivity index (χ0v) is 15.2. The molecule has 6 atom stereocenters. The molecular weight excluding hydrogens is 320 g/mol. The highest BCUT2D eigenvalue weighted by molar-refractivity contribution is 5.85. The van der Waals surface area contributed by atoms with Crippen molar-refractivity contribution in [2.75, 3.05) is 0 Å². The molecule has 1 aliphatic heterocycles. The molecule has 4 aliphatic rings. The van der Waals surface area contributed by atoms with Gasteiger partial charge in [-0.05, 0) is 36.7 Å². The number of ether oxygens (including phenoxy) is 1. The molecular formula is C20H28O5. The third-order valence-corrected chi connectivity index (χ3v) is 7.58. The summed E-state index contributed by atoms with van der Waals surface area (Å²) >= 11 is 0. The molecule has 2 saturated carbocycles. The molecule has 3 aliphatic carbocycles. The van der Waals surface area contributed by atoms with Crippen molar-refractivity contribution >= 4 is 5.97 Å². The van der Waals surface area contributed by atoms with Crippen molar-refractivity contribution in [2.24, 2.45) is 22.2 Å². The number of carbonyl (C=O) groups excluding carboxylic acids is 1. The molecule has 5 nitrogen and oxygen atoms in total. The molecule has 5 heteroatoms. The van der Waals surface area contributed by atoms with Gasteiger partial charge < -0.3 is 20.1 Å². The van der Waals surface area contributed by atoms with E-state index in [9.17, 15) is 20.1 Å². The van der Waals surface area contributed by atoms with E-state index in [-0.39, 0.29) is 0 Å². The van der Waals surface area contributed by atoms with Gasteiger partial charge in [0.1, 0.15) is 17.1 Å². The van der Waals surface area contributed by atoms with Crippen molar-refractivity contribution in [3.05, 3.63) is 24.3 Å². The van der Waals surface area contributed by atoms with Crippen LogP contribution in [0.4, 0.5) is 0 Å². The molecule has 6 unspecified atom stereocenters. The number of hydrogen-bond acceptors (Lipinski definition) is 5. The predicted molar refractivity (Wildman–Crippen MR) is 91.2 cm³/mol. The van der Waals surface area contributed by atoms with E-state index in [1.54, 1.807) is 12.2 Å². The fourth-order valence-corrected chi connectivity index (χ4v) is 6.35. The van der Waals surface area contributed by atoms with Gasteiger partial charge in [-0.25, -0.2) is 0 Å². The van der Waals surface area contributed by atoms with Crippen molar-refractivity contribution in [1.82, 2.24) is 0 Å². The van der Waals surface area contributed by atoms with Crippen LogP contribution in [-0.4, -0.2) is 38.8 Å². The van der Waals surface area contributed by atoms with Gasteiger partial charge in [-0.15, -0.1) is 6.58 Å². The fourth-order valence-electron chi connectivity index (χ4n) is 6.35. The lowest BCUT2D eigenvalue weighted by Gasteiger charge is -2.61. The lowest BCUT2D eigenvalue weighted by Crippen LogP contribution is -2.71. The highest BCUT2D eigenvalue weighted by Crippen LogP contribution is 2.72. The van der Waals surface area contributed by atoms with Crippen LogP contribution in [0.15, 0.2) is 24.3 Å². The number of aliphatic hydroxyl groups is 3. The lowest BCUT2D eigenvalue weighted by atomic mass is 9.42. The summed E-state index contributed by atoms with van der Waals surface area (Å²) in [6.07, 6.45) is 5.17. The largest absolute Gasteiger partial charge is 0.429 e. The number of aliphatic hydroxyl groups excluding tert-OH is 1. The molecule has 3 N–H and O–H groups in total. The van der Waals surface area contributed by atoms with Crippen LogP contribution < -0.4 is 0 Å². The maximum Gasteiger partial charge on any atom is 0.318 e. The van der Waals surface area contributed by atoms with Crippen LogP contribution in [0.1, 0.15) is 52.9 Å². The number of fused-ring (bicyclic) bond motifs is 1. The third kappa shape index (κ3) is 1.72. The Morgan fingerprint density at radius 3 is 2.52 bits per heavy atom. The molecule has 0 spiro atoms. The first kappa shape index (κ1) is 17.3. The van der Waals surface area contributed by atoms with Crippen LogP contribution in [0.3, 0.4) is 0 Å². The minimum Gasteiger partial charge on any atom is -0.429 e. The van der Waals surface area contributed by atoms with Crippen molar-refractivity contribution in [1.29, 1.82) is 0 Å². The van der Waals surface area contributed by atoms with Crippen LogP contribution in [0.2, 0.25) is 0 Å². The molecule has 0 radical (unpaired) electrons. The molecule has 25 heavy (non-hydrogen) atoms. The van der Waals surface area contributed by atoms with Gasteiger partial charge in [0.2, 0.25) is 5.79 Å². The van der Waals surface area contributed by atoms with E-state index in [1.165, 1.54) is 0 Å². The van der Waals surface area contributed by atoms with Gasteiger partial charge in [-0.1, -0.05) is 39.3 Å². The molecule has 1 heterocycles. The van der Waals surface area contributed by atoms with E-state index < -0.39 is 45.6 Å². The summed E-state index contributed by atoms with van der Waals surface area (Å²) in [5.74, 6) is -3.20. The Morgan fingerprint density at radius 1 is 1.20 bits per heavy atom. The van der Waals surface area contributed by atoms with Gasteiger partial charge in [0.05, 0.1) is 5.92 Å². The van der Waals surface area contributed by atoms with Gasteiger partial charge >= 0.3 is 5.97 Å². The van der Waals surface area contributed by atoms with Gasteiger partial charge in [-0.3, -0.25) is 4.79 Å². The lowest BCUT2D eigenvalue weighted by molar-refractivity contribution is -0.289. The second-order valence-corrected chi connectivity index (χ2v) is 9.46. The predicted octanol–water partition coefficient (Wildman–Crippen LogP) is 2.06. The van der Waals surface area contributed by atoms with E-state index >= 15 is 0 Å². The number of allylic oxidation sites excluding steroid dienone is 2. The first-order chi connectivity index (χ1) is 11.5. The normalized spacial score (nSPS) is 53.4. The SMILES string of the molecule is C=CC1(C)C=C2C(O)C3(O)OC(=O)C4(CCCC(C)(C)C34)C2(O)CC1. The summed E-state index contributed by atoms with van der Waals surface area (Å²) in [5, 5.41) is 34.2. The second kappa shape index (κ2) is 4.56. The Kier molecular flexibility index (Phi) is 3.15. The van der Waals surface area contributed by atoms with Crippen molar-refractivity contribution in [3.8, 4) is 0 Å². The Morgan fingerprint density at radius 2 is 1.88 bits per heavy atom. The summed E-state index contributed by atoms with van der Waals surface area (Å²) in [6.45, 7) is 9.81. The highest BCUT2D eigenvalue weighted by atomic mass is 16.7. The molecule has 0 aromatic carbocycles. The fraction of sp³-hybridized carbons (Fsp3) is 0.750.